The molecule has 0 atom stereocenters. The van der Waals surface area contributed by atoms with Crippen molar-refractivity contribution < 1.29 is 0 Å². The highest BCUT2D eigenvalue weighted by molar-refractivity contribution is 6.40. The Hall–Kier alpha value is -1.56. The third kappa shape index (κ3) is 2.08. The highest BCUT2D eigenvalue weighted by atomic mass is 35.5. The number of H-pyrrole nitrogens is 1. The summed E-state index contributed by atoms with van der Waals surface area (Å²) in [6.07, 6.45) is 1.42. The van der Waals surface area contributed by atoms with Crippen molar-refractivity contribution in [2.75, 3.05) is 0 Å². The van der Waals surface area contributed by atoms with Crippen LogP contribution in [0.3, 0.4) is 0 Å². The molecule has 102 valence electrons. The Bertz CT molecular complexity index is 861. The van der Waals surface area contributed by atoms with Crippen molar-refractivity contribution in [2.45, 2.75) is 6.92 Å². The number of aromatic nitrogens is 4. The van der Waals surface area contributed by atoms with Crippen LogP contribution in [0.1, 0.15) is 5.82 Å². The summed E-state index contributed by atoms with van der Waals surface area (Å²) in [5.41, 5.74) is 0.558. The number of hydrogen-bond donors (Lipinski definition) is 1. The molecule has 0 aliphatic heterocycles. The van der Waals surface area contributed by atoms with Crippen LogP contribution < -0.4 is 5.56 Å². The predicted octanol–water partition coefficient (Wildman–Crippen LogP) is 3.38. The molecule has 0 fully saturated rings. The molecule has 2 aromatic heterocycles. The zero-order chi connectivity index (χ0) is 14.4. The molecule has 20 heavy (non-hydrogen) atoms. The van der Waals surface area contributed by atoms with Gasteiger partial charge < -0.3 is 4.98 Å². The molecule has 0 saturated heterocycles. The molecular formula is C12H7Cl3N4O. The summed E-state index contributed by atoms with van der Waals surface area (Å²) < 4.78 is 1.43. The number of fused-ring (bicyclic) bond motifs is 1. The lowest BCUT2D eigenvalue weighted by molar-refractivity contribution is 0.888. The molecule has 0 aliphatic rings. The van der Waals surface area contributed by atoms with Gasteiger partial charge in [0.05, 0.1) is 16.2 Å². The molecule has 0 amide bonds. The van der Waals surface area contributed by atoms with E-state index in [4.69, 9.17) is 34.8 Å². The van der Waals surface area contributed by atoms with Crippen LogP contribution in [0.25, 0.3) is 16.7 Å². The minimum Gasteiger partial charge on any atom is -0.310 e. The van der Waals surface area contributed by atoms with E-state index in [1.54, 1.807) is 19.1 Å². The first-order chi connectivity index (χ1) is 9.47. The van der Waals surface area contributed by atoms with Crippen molar-refractivity contribution in [3.63, 3.8) is 0 Å². The SMILES string of the molecule is Cc1nc2c(cnn2-c2c(Cl)cc(Cl)cc2Cl)c(=O)[nH]1. The summed E-state index contributed by atoms with van der Waals surface area (Å²) in [6, 6.07) is 3.11. The zero-order valence-corrected chi connectivity index (χ0v) is 12.4. The second-order valence-corrected chi connectivity index (χ2v) is 5.41. The topological polar surface area (TPSA) is 63.6 Å². The Labute approximate surface area is 128 Å². The second-order valence-electron chi connectivity index (χ2n) is 4.16. The van der Waals surface area contributed by atoms with Crippen LogP contribution >= 0.6 is 34.8 Å². The summed E-state index contributed by atoms with van der Waals surface area (Å²) in [5.74, 6) is 0.477. The summed E-state index contributed by atoms with van der Waals surface area (Å²) in [5, 5.41) is 5.57. The fraction of sp³-hybridized carbons (Fsp3) is 0.0833. The predicted molar refractivity (Wildman–Crippen MR) is 79.3 cm³/mol. The molecule has 0 radical (unpaired) electrons. The molecule has 0 saturated carbocycles. The summed E-state index contributed by atoms with van der Waals surface area (Å²) in [6.45, 7) is 1.68. The molecule has 1 aromatic carbocycles. The first kappa shape index (κ1) is 13.4. The molecule has 0 unspecified atom stereocenters. The van der Waals surface area contributed by atoms with E-state index in [0.29, 0.717) is 37.6 Å². The quantitative estimate of drug-likeness (QED) is 0.744. The van der Waals surface area contributed by atoms with E-state index in [1.165, 1.54) is 10.9 Å². The van der Waals surface area contributed by atoms with Gasteiger partial charge in [0.25, 0.3) is 5.56 Å². The lowest BCUT2D eigenvalue weighted by Gasteiger charge is -2.08. The van der Waals surface area contributed by atoms with Crippen molar-refractivity contribution in [1.82, 2.24) is 19.7 Å². The second kappa shape index (κ2) is 4.77. The molecule has 3 aromatic rings. The Morgan fingerprint density at radius 3 is 2.50 bits per heavy atom. The molecule has 2 heterocycles. The van der Waals surface area contributed by atoms with Gasteiger partial charge >= 0.3 is 0 Å². The first-order valence-electron chi connectivity index (χ1n) is 5.57. The third-order valence-electron chi connectivity index (χ3n) is 2.75. The van der Waals surface area contributed by atoms with Gasteiger partial charge in [-0.25, -0.2) is 9.67 Å². The maximum Gasteiger partial charge on any atom is 0.262 e. The number of rotatable bonds is 1. The smallest absolute Gasteiger partial charge is 0.262 e. The fourth-order valence-corrected chi connectivity index (χ4v) is 2.91. The van der Waals surface area contributed by atoms with E-state index in [1.807, 2.05) is 0 Å². The molecule has 0 aliphatic carbocycles. The zero-order valence-electron chi connectivity index (χ0n) is 10.1. The average Bonchev–Trinajstić information content (AvgIpc) is 2.72. The van der Waals surface area contributed by atoms with E-state index < -0.39 is 0 Å². The van der Waals surface area contributed by atoms with Gasteiger partial charge in [0.1, 0.15) is 16.9 Å². The van der Waals surface area contributed by atoms with Gasteiger partial charge in [0, 0.05) is 5.02 Å². The lowest BCUT2D eigenvalue weighted by Crippen LogP contribution is -2.10. The highest BCUT2D eigenvalue weighted by Gasteiger charge is 2.16. The molecule has 8 heteroatoms. The van der Waals surface area contributed by atoms with E-state index in [2.05, 4.69) is 15.1 Å². The highest BCUT2D eigenvalue weighted by Crippen LogP contribution is 2.32. The fourth-order valence-electron chi connectivity index (χ4n) is 1.93. The van der Waals surface area contributed by atoms with E-state index in [9.17, 15) is 4.79 Å². The first-order valence-corrected chi connectivity index (χ1v) is 6.70. The van der Waals surface area contributed by atoms with Crippen molar-refractivity contribution in [2.24, 2.45) is 0 Å². The molecule has 1 N–H and O–H groups in total. The number of aryl methyl sites for hydroxylation is 1. The van der Waals surface area contributed by atoms with Crippen LogP contribution in [0.5, 0.6) is 0 Å². The monoisotopic (exact) mass is 328 g/mol. The van der Waals surface area contributed by atoms with Crippen LogP contribution in [0.4, 0.5) is 0 Å². The number of nitrogens with one attached hydrogen (secondary N) is 1. The van der Waals surface area contributed by atoms with Crippen LogP contribution in [-0.2, 0) is 0 Å². The third-order valence-corrected chi connectivity index (χ3v) is 3.54. The van der Waals surface area contributed by atoms with Gasteiger partial charge in [0.15, 0.2) is 5.65 Å². The number of halogens is 3. The minimum atomic E-state index is -0.264. The van der Waals surface area contributed by atoms with Crippen molar-refractivity contribution >= 4 is 45.8 Å². The van der Waals surface area contributed by atoms with Crippen molar-refractivity contribution in [1.29, 1.82) is 0 Å². The number of nitrogens with zero attached hydrogens (tertiary/aromatic N) is 3. The van der Waals surface area contributed by atoms with Gasteiger partial charge in [-0.2, -0.15) is 5.10 Å². The van der Waals surface area contributed by atoms with E-state index in [-0.39, 0.29) is 5.56 Å². The van der Waals surface area contributed by atoms with Crippen LogP contribution in [0, 0.1) is 6.92 Å². The Kier molecular flexibility index (Phi) is 3.20. The lowest BCUT2D eigenvalue weighted by atomic mass is 10.3. The largest absolute Gasteiger partial charge is 0.310 e. The summed E-state index contributed by atoms with van der Waals surface area (Å²) in [4.78, 5) is 18.7. The van der Waals surface area contributed by atoms with Crippen LogP contribution in [0.15, 0.2) is 23.1 Å². The number of hydrogen-bond acceptors (Lipinski definition) is 3. The molecule has 3 rings (SSSR count). The minimum absolute atomic E-state index is 0.264. The summed E-state index contributed by atoms with van der Waals surface area (Å²) >= 11 is 18.2. The molecule has 0 bridgehead atoms. The Morgan fingerprint density at radius 1 is 1.20 bits per heavy atom. The number of benzene rings is 1. The normalized spacial score (nSPS) is 11.2. The summed E-state index contributed by atoms with van der Waals surface area (Å²) in [7, 11) is 0. The number of aromatic amines is 1. The van der Waals surface area contributed by atoms with Gasteiger partial charge in [0.2, 0.25) is 0 Å². The van der Waals surface area contributed by atoms with Crippen LogP contribution in [-0.4, -0.2) is 19.7 Å². The van der Waals surface area contributed by atoms with Crippen LogP contribution in [0.2, 0.25) is 15.1 Å². The maximum atomic E-state index is 11.8. The van der Waals surface area contributed by atoms with E-state index >= 15 is 0 Å². The average molecular weight is 330 g/mol. The Balaban J connectivity index is 2.39. The Morgan fingerprint density at radius 2 is 1.85 bits per heavy atom. The van der Waals surface area contributed by atoms with Gasteiger partial charge in [-0.15, -0.1) is 0 Å². The van der Waals surface area contributed by atoms with E-state index in [0.717, 1.165) is 0 Å². The molecule has 0 spiro atoms. The standard InChI is InChI=1S/C12H7Cl3N4O/c1-5-17-11-7(12(20)18-5)4-16-19(11)10-8(14)2-6(13)3-9(10)15/h2-4H,1H3,(H,17,18,20). The van der Waals surface area contributed by atoms with Gasteiger partial charge in [-0.3, -0.25) is 4.79 Å². The van der Waals surface area contributed by atoms with Gasteiger partial charge in [-0.05, 0) is 19.1 Å². The van der Waals surface area contributed by atoms with Crippen molar-refractivity contribution in [3.8, 4) is 5.69 Å². The molecular weight excluding hydrogens is 323 g/mol. The van der Waals surface area contributed by atoms with Crippen molar-refractivity contribution in [3.05, 3.63) is 49.6 Å². The maximum absolute atomic E-state index is 11.8. The van der Waals surface area contributed by atoms with Gasteiger partial charge in [-0.1, -0.05) is 34.8 Å². The molecule has 5 nitrogen and oxygen atoms in total.